The Bertz CT molecular complexity index is 561. The van der Waals surface area contributed by atoms with Gasteiger partial charge in [-0.1, -0.05) is 66.9 Å². The van der Waals surface area contributed by atoms with Crippen molar-refractivity contribution < 1.29 is 0 Å². The third-order valence-electron chi connectivity index (χ3n) is 3.40. The van der Waals surface area contributed by atoms with Crippen molar-refractivity contribution in [2.45, 2.75) is 25.8 Å². The Morgan fingerprint density at radius 2 is 1.70 bits per heavy atom. The van der Waals surface area contributed by atoms with E-state index in [0.29, 0.717) is 10.0 Å². The molecular weight excluding hydrogens is 289 g/mol. The fourth-order valence-corrected chi connectivity index (χ4v) is 3.10. The quantitative estimate of drug-likeness (QED) is 0.795. The minimum atomic E-state index is 0.00741. The van der Waals surface area contributed by atoms with Gasteiger partial charge in [-0.25, -0.2) is 0 Å². The minimum Gasteiger partial charge on any atom is -0.309 e. The fourth-order valence-electron chi connectivity index (χ4n) is 2.48. The highest BCUT2D eigenvalue weighted by Crippen LogP contribution is 2.34. The van der Waals surface area contributed by atoms with Crippen LogP contribution in [0, 0.1) is 0 Å². The van der Waals surface area contributed by atoms with E-state index in [1.54, 1.807) is 0 Å². The molecule has 1 nitrogen and oxygen atoms in total. The molecule has 0 aliphatic rings. The van der Waals surface area contributed by atoms with Crippen LogP contribution in [0.5, 0.6) is 0 Å². The van der Waals surface area contributed by atoms with Gasteiger partial charge in [-0.2, -0.15) is 0 Å². The van der Waals surface area contributed by atoms with Gasteiger partial charge in [-0.3, -0.25) is 0 Å². The van der Waals surface area contributed by atoms with Crippen molar-refractivity contribution in [3.05, 3.63) is 69.2 Å². The van der Waals surface area contributed by atoms with Gasteiger partial charge < -0.3 is 5.32 Å². The summed E-state index contributed by atoms with van der Waals surface area (Å²) in [6.45, 7) is 2.19. The second-order valence-electron chi connectivity index (χ2n) is 4.85. The van der Waals surface area contributed by atoms with E-state index in [-0.39, 0.29) is 6.04 Å². The molecule has 0 aliphatic carbocycles. The molecule has 0 amide bonds. The zero-order valence-corrected chi connectivity index (χ0v) is 13.3. The van der Waals surface area contributed by atoms with Crippen molar-refractivity contribution >= 4 is 23.2 Å². The molecule has 2 aromatic carbocycles. The van der Waals surface area contributed by atoms with Gasteiger partial charge in [-0.15, -0.1) is 0 Å². The molecule has 0 saturated heterocycles. The van der Waals surface area contributed by atoms with Crippen molar-refractivity contribution in [1.29, 1.82) is 0 Å². The van der Waals surface area contributed by atoms with Crippen LogP contribution in [-0.2, 0) is 6.42 Å². The molecule has 0 radical (unpaired) electrons. The maximum Gasteiger partial charge on any atom is 0.0604 e. The van der Waals surface area contributed by atoms with Gasteiger partial charge in [0.2, 0.25) is 0 Å². The first-order valence-corrected chi connectivity index (χ1v) is 7.63. The number of hydrogen-bond acceptors (Lipinski definition) is 1. The second kappa shape index (κ2) is 7.12. The first kappa shape index (κ1) is 15.4. The summed E-state index contributed by atoms with van der Waals surface area (Å²) < 4.78 is 0. The smallest absolute Gasteiger partial charge is 0.0604 e. The number of benzene rings is 2. The average Bonchev–Trinajstić information content (AvgIpc) is 2.44. The van der Waals surface area contributed by atoms with Crippen molar-refractivity contribution in [1.82, 2.24) is 5.32 Å². The standard InChI is InChI=1S/C17H19Cl2N/c1-3-6-12-7-4-8-13(11-12)17(20-2)16-14(18)9-5-10-15(16)19/h4-5,7-11,17,20H,3,6H2,1-2H3. The number of halogens is 2. The third-order valence-corrected chi connectivity index (χ3v) is 4.06. The monoisotopic (exact) mass is 307 g/mol. The Labute approximate surface area is 130 Å². The summed E-state index contributed by atoms with van der Waals surface area (Å²) in [6.07, 6.45) is 2.22. The highest BCUT2D eigenvalue weighted by atomic mass is 35.5. The van der Waals surface area contributed by atoms with E-state index < -0.39 is 0 Å². The van der Waals surface area contributed by atoms with Crippen molar-refractivity contribution in [3.63, 3.8) is 0 Å². The van der Waals surface area contributed by atoms with E-state index in [0.717, 1.165) is 18.4 Å². The van der Waals surface area contributed by atoms with Crippen LogP contribution in [0.2, 0.25) is 10.0 Å². The molecule has 2 rings (SSSR count). The molecule has 0 bridgehead atoms. The molecule has 2 aromatic rings. The Balaban J connectivity index is 2.44. The Morgan fingerprint density at radius 1 is 1.05 bits per heavy atom. The molecule has 0 aliphatic heterocycles. The molecule has 3 heteroatoms. The van der Waals surface area contributed by atoms with E-state index in [2.05, 4.69) is 36.5 Å². The lowest BCUT2D eigenvalue weighted by Gasteiger charge is -2.20. The summed E-state index contributed by atoms with van der Waals surface area (Å²) >= 11 is 12.7. The molecule has 0 saturated carbocycles. The molecule has 1 atom stereocenters. The molecular formula is C17H19Cl2N. The summed E-state index contributed by atoms with van der Waals surface area (Å²) in [6, 6.07) is 14.2. The topological polar surface area (TPSA) is 12.0 Å². The third kappa shape index (κ3) is 3.35. The van der Waals surface area contributed by atoms with Crippen LogP contribution in [0.25, 0.3) is 0 Å². The molecule has 1 unspecified atom stereocenters. The lowest BCUT2D eigenvalue weighted by Crippen LogP contribution is -2.18. The van der Waals surface area contributed by atoms with Crippen LogP contribution >= 0.6 is 23.2 Å². The summed E-state index contributed by atoms with van der Waals surface area (Å²) in [7, 11) is 1.93. The molecule has 106 valence electrons. The lowest BCUT2D eigenvalue weighted by atomic mass is 9.96. The van der Waals surface area contributed by atoms with Crippen LogP contribution in [-0.4, -0.2) is 7.05 Å². The van der Waals surface area contributed by atoms with E-state index in [4.69, 9.17) is 23.2 Å². The normalized spacial score (nSPS) is 12.4. The van der Waals surface area contributed by atoms with E-state index >= 15 is 0 Å². The van der Waals surface area contributed by atoms with E-state index in [1.165, 1.54) is 11.1 Å². The van der Waals surface area contributed by atoms with Crippen molar-refractivity contribution in [2.24, 2.45) is 0 Å². The average molecular weight is 308 g/mol. The van der Waals surface area contributed by atoms with Gasteiger partial charge in [0.25, 0.3) is 0 Å². The van der Waals surface area contributed by atoms with Gasteiger partial charge in [0, 0.05) is 15.6 Å². The molecule has 20 heavy (non-hydrogen) atoms. The predicted molar refractivity (Wildman–Crippen MR) is 87.8 cm³/mol. The first-order chi connectivity index (χ1) is 9.67. The summed E-state index contributed by atoms with van der Waals surface area (Å²) in [5, 5.41) is 4.70. The number of rotatable bonds is 5. The summed E-state index contributed by atoms with van der Waals surface area (Å²) in [4.78, 5) is 0. The van der Waals surface area contributed by atoms with Crippen LogP contribution in [0.4, 0.5) is 0 Å². The summed E-state index contributed by atoms with van der Waals surface area (Å²) in [5.74, 6) is 0. The molecule has 0 aromatic heterocycles. The zero-order valence-electron chi connectivity index (χ0n) is 11.8. The molecule has 1 N–H and O–H groups in total. The van der Waals surface area contributed by atoms with Gasteiger partial charge in [0.1, 0.15) is 0 Å². The van der Waals surface area contributed by atoms with Crippen LogP contribution in [0.15, 0.2) is 42.5 Å². The Kier molecular flexibility index (Phi) is 5.47. The Hall–Kier alpha value is -1.02. The van der Waals surface area contributed by atoms with Crippen LogP contribution in [0.1, 0.15) is 36.1 Å². The largest absolute Gasteiger partial charge is 0.309 e. The highest BCUT2D eigenvalue weighted by molar-refractivity contribution is 6.36. The number of hydrogen-bond donors (Lipinski definition) is 1. The van der Waals surface area contributed by atoms with Gasteiger partial charge >= 0.3 is 0 Å². The second-order valence-corrected chi connectivity index (χ2v) is 5.67. The summed E-state index contributed by atoms with van der Waals surface area (Å²) in [5.41, 5.74) is 3.47. The number of nitrogens with one attached hydrogen (secondary N) is 1. The van der Waals surface area contributed by atoms with E-state index in [9.17, 15) is 0 Å². The molecule has 0 fully saturated rings. The Morgan fingerprint density at radius 3 is 2.30 bits per heavy atom. The molecule has 0 spiro atoms. The fraction of sp³-hybridized carbons (Fsp3) is 0.294. The predicted octanol–water partition coefficient (Wildman–Crippen LogP) is 5.25. The van der Waals surface area contributed by atoms with Crippen molar-refractivity contribution in [2.75, 3.05) is 7.05 Å². The van der Waals surface area contributed by atoms with Gasteiger partial charge in [0.15, 0.2) is 0 Å². The maximum absolute atomic E-state index is 6.33. The number of aryl methyl sites for hydroxylation is 1. The lowest BCUT2D eigenvalue weighted by molar-refractivity contribution is 0.690. The van der Waals surface area contributed by atoms with Gasteiger partial charge in [-0.05, 0) is 36.7 Å². The van der Waals surface area contributed by atoms with Gasteiger partial charge in [0.05, 0.1) is 6.04 Å². The van der Waals surface area contributed by atoms with Crippen LogP contribution in [0.3, 0.4) is 0 Å². The minimum absolute atomic E-state index is 0.00741. The highest BCUT2D eigenvalue weighted by Gasteiger charge is 2.18. The SMILES string of the molecule is CCCc1cccc(C(NC)c2c(Cl)cccc2Cl)c1. The van der Waals surface area contributed by atoms with Crippen molar-refractivity contribution in [3.8, 4) is 0 Å². The zero-order chi connectivity index (χ0) is 14.5. The maximum atomic E-state index is 6.33. The first-order valence-electron chi connectivity index (χ1n) is 6.87. The van der Waals surface area contributed by atoms with Crippen LogP contribution < -0.4 is 5.32 Å². The molecule has 0 heterocycles. The van der Waals surface area contributed by atoms with E-state index in [1.807, 2.05) is 25.2 Å².